The monoisotopic (exact) mass is 524 g/mol. The first-order valence-corrected chi connectivity index (χ1v) is 12.1. The Morgan fingerprint density at radius 1 is 1.19 bits per heavy atom. The Morgan fingerprint density at radius 3 is 2.46 bits per heavy atom. The van der Waals surface area contributed by atoms with Gasteiger partial charge in [0.1, 0.15) is 6.10 Å². The largest absolute Gasteiger partial charge is 0.458 e. The molecule has 12 nitrogen and oxygen atoms in total. The molecule has 0 radical (unpaired) electrons. The van der Waals surface area contributed by atoms with Crippen molar-refractivity contribution < 1.29 is 43.4 Å². The van der Waals surface area contributed by atoms with Crippen molar-refractivity contribution >= 4 is 17.5 Å². The first kappa shape index (κ1) is 26.7. The Hall–Kier alpha value is -3.38. The molecule has 0 aliphatic heterocycles. The Bertz CT molecular complexity index is 1140. The Labute approximate surface area is 211 Å². The first-order chi connectivity index (χ1) is 17.1. The number of carbonyl (C=O) groups is 3. The lowest BCUT2D eigenvalue weighted by Crippen LogP contribution is -2.70. The number of hydrogen-bond donors (Lipinski definition) is 0. The third-order valence-electron chi connectivity index (χ3n) is 9.41. The van der Waals surface area contributed by atoms with Crippen LogP contribution in [0.4, 0.5) is 4.39 Å². The van der Waals surface area contributed by atoms with Gasteiger partial charge in [-0.3, -0.25) is 19.2 Å². The van der Waals surface area contributed by atoms with E-state index in [4.69, 9.17) is 14.4 Å². The number of ketones is 2. The lowest BCUT2D eigenvalue weighted by atomic mass is 9.44. The smallest absolute Gasteiger partial charge is 0.303 e. The van der Waals surface area contributed by atoms with Gasteiger partial charge in [-0.15, -0.1) is 20.2 Å². The standard InChI is InChI=1S/C24H29FN2O10/c1-13-9-18-17-6-5-15-10-16(29)7-8-21(15,3)23(17,25)20(36-26(31)32)11-22(18,4)24(13,37-27(33)34)19(30)12-35-14(2)28/h7-8,10,13,17-18,20H,5-6,9,11-12H2,1-4H3/t13-,17+,18+,20+,21+,22+,23?,24+/m1/s1. The van der Waals surface area contributed by atoms with Crippen LogP contribution in [0.15, 0.2) is 23.8 Å². The van der Waals surface area contributed by atoms with Crippen molar-refractivity contribution in [2.24, 2.45) is 28.6 Å². The molecule has 0 amide bonds. The Morgan fingerprint density at radius 2 is 1.86 bits per heavy atom. The molecule has 3 saturated carbocycles. The molecule has 0 heterocycles. The van der Waals surface area contributed by atoms with Crippen LogP contribution in [0.5, 0.6) is 0 Å². The molecule has 37 heavy (non-hydrogen) atoms. The summed E-state index contributed by atoms with van der Waals surface area (Å²) >= 11 is 0. The molecule has 3 fully saturated rings. The summed E-state index contributed by atoms with van der Waals surface area (Å²) in [6, 6.07) is 0. The number of alkyl halides is 1. The number of allylic oxidation sites excluding steroid dienone is 4. The maximum absolute atomic E-state index is 17.6. The van der Waals surface area contributed by atoms with Crippen molar-refractivity contribution in [1.29, 1.82) is 0 Å². The fourth-order valence-corrected chi connectivity index (χ4v) is 7.94. The van der Waals surface area contributed by atoms with Crippen molar-refractivity contribution in [2.45, 2.75) is 70.8 Å². The van der Waals surface area contributed by atoms with Crippen LogP contribution in [0.2, 0.25) is 0 Å². The van der Waals surface area contributed by atoms with Crippen molar-refractivity contribution in [2.75, 3.05) is 6.61 Å². The normalized spacial score (nSPS) is 42.0. The van der Waals surface area contributed by atoms with E-state index in [0.717, 1.165) is 6.92 Å². The third kappa shape index (κ3) is 3.57. The Balaban J connectivity index is 1.89. The summed E-state index contributed by atoms with van der Waals surface area (Å²) < 4.78 is 22.5. The molecule has 4 aliphatic carbocycles. The zero-order valence-corrected chi connectivity index (χ0v) is 20.9. The number of hydrogen-bond acceptors (Lipinski definition) is 10. The van der Waals surface area contributed by atoms with Gasteiger partial charge in [-0.1, -0.05) is 25.5 Å². The molecule has 8 atom stereocenters. The molecule has 13 heteroatoms. The predicted molar refractivity (Wildman–Crippen MR) is 121 cm³/mol. The summed E-state index contributed by atoms with van der Waals surface area (Å²) in [7, 11) is 0. The Kier molecular flexibility index (Phi) is 6.19. The van der Waals surface area contributed by atoms with E-state index in [2.05, 4.69) is 0 Å². The lowest BCUT2D eigenvalue weighted by molar-refractivity contribution is -0.786. The van der Waals surface area contributed by atoms with Crippen molar-refractivity contribution in [3.05, 3.63) is 44.0 Å². The van der Waals surface area contributed by atoms with Crippen LogP contribution >= 0.6 is 0 Å². The molecule has 202 valence electrons. The topological polar surface area (TPSA) is 165 Å². The van der Waals surface area contributed by atoms with Crippen LogP contribution in [-0.2, 0) is 28.8 Å². The number of halogens is 1. The van der Waals surface area contributed by atoms with E-state index >= 15 is 4.39 Å². The average molecular weight is 524 g/mol. The summed E-state index contributed by atoms with van der Waals surface area (Å²) in [5.74, 6) is -4.39. The minimum Gasteiger partial charge on any atom is -0.458 e. The highest BCUT2D eigenvalue weighted by Crippen LogP contribution is 2.71. The van der Waals surface area contributed by atoms with Gasteiger partial charge in [-0.2, -0.15) is 0 Å². The minimum atomic E-state index is -2.37. The van der Waals surface area contributed by atoms with Gasteiger partial charge in [0.2, 0.25) is 5.78 Å². The molecule has 0 aromatic carbocycles. The number of carbonyl (C=O) groups excluding carboxylic acids is 3. The van der Waals surface area contributed by atoms with Crippen molar-refractivity contribution in [1.82, 2.24) is 0 Å². The molecule has 0 saturated heterocycles. The van der Waals surface area contributed by atoms with E-state index in [1.165, 1.54) is 25.2 Å². The number of rotatable bonds is 7. The van der Waals surface area contributed by atoms with Gasteiger partial charge in [0.15, 0.2) is 23.7 Å². The number of fused-ring (bicyclic) bond motifs is 5. The number of esters is 1. The van der Waals surface area contributed by atoms with E-state index in [1.54, 1.807) is 13.8 Å². The van der Waals surface area contributed by atoms with Crippen LogP contribution in [0.1, 0.15) is 53.4 Å². The third-order valence-corrected chi connectivity index (χ3v) is 9.41. The molecule has 0 bridgehead atoms. The first-order valence-electron chi connectivity index (χ1n) is 12.1. The molecule has 4 aliphatic rings. The predicted octanol–water partition coefficient (Wildman–Crippen LogP) is 2.90. The number of Topliss-reactive ketones (excluding diaryl/α,β-unsaturated/α-hetero) is 1. The molecule has 0 aromatic heterocycles. The highest BCUT2D eigenvalue weighted by Gasteiger charge is 2.78. The van der Waals surface area contributed by atoms with Crippen molar-refractivity contribution in [3.8, 4) is 0 Å². The van der Waals surface area contributed by atoms with Gasteiger partial charge in [0, 0.05) is 23.7 Å². The zero-order valence-electron chi connectivity index (χ0n) is 20.9. The lowest BCUT2D eigenvalue weighted by Gasteiger charge is -2.63. The van der Waals surface area contributed by atoms with Gasteiger partial charge in [-0.25, -0.2) is 4.39 Å². The molecular weight excluding hydrogens is 495 g/mol. The quantitative estimate of drug-likeness (QED) is 0.274. The molecule has 4 rings (SSSR count). The van der Waals surface area contributed by atoms with E-state index in [-0.39, 0.29) is 18.6 Å². The number of ether oxygens (including phenoxy) is 1. The van der Waals surface area contributed by atoms with Crippen LogP contribution in [-0.4, -0.2) is 51.7 Å². The highest BCUT2D eigenvalue weighted by molar-refractivity contribution is 6.01. The van der Waals surface area contributed by atoms with Gasteiger partial charge >= 0.3 is 5.97 Å². The van der Waals surface area contributed by atoms with Crippen LogP contribution < -0.4 is 0 Å². The van der Waals surface area contributed by atoms with E-state index in [1.807, 2.05) is 0 Å². The van der Waals surface area contributed by atoms with Gasteiger partial charge < -0.3 is 9.57 Å². The van der Waals surface area contributed by atoms with E-state index in [0.29, 0.717) is 12.0 Å². The van der Waals surface area contributed by atoms with Crippen LogP contribution in [0, 0.1) is 48.8 Å². The van der Waals surface area contributed by atoms with E-state index < -0.39 is 80.9 Å². The summed E-state index contributed by atoms with van der Waals surface area (Å²) in [6.07, 6.45) is 2.44. The summed E-state index contributed by atoms with van der Waals surface area (Å²) in [6.45, 7) is 4.93. The highest BCUT2D eigenvalue weighted by atomic mass is 19.1. The zero-order chi connectivity index (χ0) is 27.6. The molecule has 0 spiro atoms. The fourth-order valence-electron chi connectivity index (χ4n) is 7.94. The summed E-state index contributed by atoms with van der Waals surface area (Å²) in [5, 5.41) is 21.1. The maximum atomic E-state index is 17.6. The van der Waals surface area contributed by atoms with Crippen molar-refractivity contribution in [3.63, 3.8) is 0 Å². The minimum absolute atomic E-state index is 0.148. The number of nitrogens with zero attached hydrogens (tertiary/aromatic N) is 2. The van der Waals surface area contributed by atoms with Gasteiger partial charge in [0.05, 0.1) is 0 Å². The van der Waals surface area contributed by atoms with E-state index in [9.17, 15) is 34.6 Å². The average Bonchev–Trinajstić information content (AvgIpc) is 3.00. The van der Waals surface area contributed by atoms with Gasteiger partial charge in [-0.05, 0) is 56.6 Å². The van der Waals surface area contributed by atoms with Crippen LogP contribution in [0.25, 0.3) is 0 Å². The molecular formula is C24H29FN2O10. The molecule has 0 aromatic rings. The summed E-state index contributed by atoms with van der Waals surface area (Å²) in [5.41, 5.74) is -6.93. The molecule has 0 N–H and O–H groups in total. The maximum Gasteiger partial charge on any atom is 0.303 e. The molecule has 1 unspecified atom stereocenters. The second kappa shape index (κ2) is 8.59. The van der Waals surface area contributed by atoms with Gasteiger partial charge in [0.25, 0.3) is 10.2 Å². The second-order valence-electron chi connectivity index (χ2n) is 11.0. The summed E-state index contributed by atoms with van der Waals surface area (Å²) in [4.78, 5) is 70.4. The SMILES string of the molecule is CC(=O)OCC(=O)[C@@]1(O[N+](=O)[O-])[C@H](C)C[C@H]2[C@@H]3CCC4=CC(=O)C=C[C@]4(C)C3(F)[C@@H](O[N+](=O)[O-])C[C@@]21C. The fraction of sp³-hybridized carbons (Fsp3) is 0.708. The van der Waals surface area contributed by atoms with Crippen LogP contribution in [0.3, 0.4) is 0 Å². The second-order valence-corrected chi connectivity index (χ2v) is 11.0.